The largest absolute Gasteiger partial charge is 0.480 e. The van der Waals surface area contributed by atoms with Crippen LogP contribution < -0.4 is 4.74 Å². The standard InChI is InChI=1S/C21H25N3O3/c1-21(2,16-8-5-4-6-9-16)20(26)24-14-12-23(13-15-24)19(25)17-10-7-11-22-18(17)27-3/h4-11H,12-15H2,1-3H3. The lowest BCUT2D eigenvalue weighted by atomic mass is 9.83. The normalized spacial score (nSPS) is 14.8. The summed E-state index contributed by atoms with van der Waals surface area (Å²) in [5.74, 6) is 0.292. The fourth-order valence-corrected chi connectivity index (χ4v) is 3.37. The monoisotopic (exact) mass is 367 g/mol. The number of aromatic nitrogens is 1. The van der Waals surface area contributed by atoms with Crippen LogP contribution in [-0.2, 0) is 10.2 Å². The number of hydrogen-bond acceptors (Lipinski definition) is 4. The van der Waals surface area contributed by atoms with Gasteiger partial charge in [-0.1, -0.05) is 30.3 Å². The van der Waals surface area contributed by atoms with E-state index in [-0.39, 0.29) is 11.8 Å². The molecule has 6 nitrogen and oxygen atoms in total. The van der Waals surface area contributed by atoms with Gasteiger partial charge in [-0.2, -0.15) is 0 Å². The minimum absolute atomic E-state index is 0.0831. The second-order valence-corrected chi connectivity index (χ2v) is 7.14. The molecule has 1 saturated heterocycles. The average Bonchev–Trinajstić information content (AvgIpc) is 2.73. The third-order valence-electron chi connectivity index (χ3n) is 5.08. The third-order valence-corrected chi connectivity index (χ3v) is 5.08. The number of amides is 2. The molecule has 1 aromatic heterocycles. The van der Waals surface area contributed by atoms with Crippen LogP contribution in [0.4, 0.5) is 0 Å². The predicted octanol–water partition coefficient (Wildman–Crippen LogP) is 2.35. The highest BCUT2D eigenvalue weighted by molar-refractivity contribution is 5.96. The molecule has 27 heavy (non-hydrogen) atoms. The third kappa shape index (κ3) is 3.79. The molecule has 0 saturated carbocycles. The van der Waals surface area contributed by atoms with Crippen molar-refractivity contribution in [2.24, 2.45) is 0 Å². The fourth-order valence-electron chi connectivity index (χ4n) is 3.37. The van der Waals surface area contributed by atoms with Crippen molar-refractivity contribution in [3.8, 4) is 5.88 Å². The Morgan fingerprint density at radius 2 is 1.59 bits per heavy atom. The van der Waals surface area contributed by atoms with Gasteiger partial charge in [-0.3, -0.25) is 9.59 Å². The van der Waals surface area contributed by atoms with Crippen LogP contribution in [0, 0.1) is 0 Å². The first-order valence-electron chi connectivity index (χ1n) is 9.08. The summed E-state index contributed by atoms with van der Waals surface area (Å²) in [5.41, 5.74) is 0.845. The van der Waals surface area contributed by atoms with E-state index >= 15 is 0 Å². The number of methoxy groups -OCH3 is 1. The van der Waals surface area contributed by atoms with Gasteiger partial charge in [0.15, 0.2) is 0 Å². The highest BCUT2D eigenvalue weighted by Gasteiger charge is 2.36. The van der Waals surface area contributed by atoms with Crippen LogP contribution in [0.2, 0.25) is 0 Å². The van der Waals surface area contributed by atoms with Crippen LogP contribution in [0.3, 0.4) is 0 Å². The van der Waals surface area contributed by atoms with E-state index in [1.807, 2.05) is 49.1 Å². The maximum absolute atomic E-state index is 13.1. The lowest BCUT2D eigenvalue weighted by Crippen LogP contribution is -2.54. The Bertz CT molecular complexity index is 812. The highest BCUT2D eigenvalue weighted by atomic mass is 16.5. The fraction of sp³-hybridized carbons (Fsp3) is 0.381. The van der Waals surface area contributed by atoms with Crippen molar-refractivity contribution < 1.29 is 14.3 Å². The molecular weight excluding hydrogens is 342 g/mol. The summed E-state index contributed by atoms with van der Waals surface area (Å²) in [5, 5.41) is 0. The molecule has 2 aromatic rings. The van der Waals surface area contributed by atoms with Crippen LogP contribution in [0.1, 0.15) is 29.8 Å². The molecule has 1 fully saturated rings. The zero-order valence-electron chi connectivity index (χ0n) is 16.0. The summed E-state index contributed by atoms with van der Waals surface area (Å²) in [6, 6.07) is 13.2. The van der Waals surface area contributed by atoms with E-state index < -0.39 is 5.41 Å². The molecule has 142 valence electrons. The predicted molar refractivity (Wildman–Crippen MR) is 103 cm³/mol. The molecule has 0 bridgehead atoms. The van der Waals surface area contributed by atoms with E-state index in [9.17, 15) is 9.59 Å². The van der Waals surface area contributed by atoms with Crippen molar-refractivity contribution in [3.63, 3.8) is 0 Å². The smallest absolute Gasteiger partial charge is 0.259 e. The molecule has 0 N–H and O–H groups in total. The van der Waals surface area contributed by atoms with Crippen molar-refractivity contribution in [1.82, 2.24) is 14.8 Å². The Hall–Kier alpha value is -2.89. The van der Waals surface area contributed by atoms with Gasteiger partial charge in [0.05, 0.1) is 12.5 Å². The van der Waals surface area contributed by atoms with Gasteiger partial charge in [-0.15, -0.1) is 0 Å². The van der Waals surface area contributed by atoms with Crippen LogP contribution in [0.15, 0.2) is 48.7 Å². The van der Waals surface area contributed by atoms with Crippen LogP contribution >= 0.6 is 0 Å². The van der Waals surface area contributed by atoms with Gasteiger partial charge >= 0.3 is 0 Å². The molecular formula is C21H25N3O3. The van der Waals surface area contributed by atoms with Crippen molar-refractivity contribution in [2.75, 3.05) is 33.3 Å². The minimum atomic E-state index is -0.597. The van der Waals surface area contributed by atoms with Gasteiger partial charge in [-0.25, -0.2) is 4.98 Å². The van der Waals surface area contributed by atoms with Gasteiger partial charge in [0.1, 0.15) is 5.56 Å². The molecule has 3 rings (SSSR count). The topological polar surface area (TPSA) is 62.7 Å². The van der Waals surface area contributed by atoms with Gasteiger partial charge in [-0.05, 0) is 31.5 Å². The summed E-state index contributed by atoms with van der Waals surface area (Å²) < 4.78 is 5.19. The number of benzene rings is 1. The Morgan fingerprint density at radius 1 is 0.963 bits per heavy atom. The van der Waals surface area contributed by atoms with E-state index in [2.05, 4.69) is 4.98 Å². The van der Waals surface area contributed by atoms with Crippen LogP contribution in [0.5, 0.6) is 5.88 Å². The molecule has 1 aromatic carbocycles. The molecule has 0 aliphatic carbocycles. The highest BCUT2D eigenvalue weighted by Crippen LogP contribution is 2.26. The van der Waals surface area contributed by atoms with Crippen molar-refractivity contribution >= 4 is 11.8 Å². The van der Waals surface area contributed by atoms with E-state index in [1.165, 1.54) is 7.11 Å². The van der Waals surface area contributed by atoms with E-state index in [0.717, 1.165) is 5.56 Å². The molecule has 0 atom stereocenters. The summed E-state index contributed by atoms with van der Waals surface area (Å²) in [6.45, 7) is 5.92. The number of rotatable bonds is 4. The summed E-state index contributed by atoms with van der Waals surface area (Å²) in [7, 11) is 1.50. The maximum Gasteiger partial charge on any atom is 0.259 e. The Labute approximate surface area is 159 Å². The maximum atomic E-state index is 13.1. The molecule has 6 heteroatoms. The van der Waals surface area contributed by atoms with Gasteiger partial charge in [0, 0.05) is 32.4 Å². The van der Waals surface area contributed by atoms with Gasteiger partial charge in [0.25, 0.3) is 5.91 Å². The molecule has 2 amide bonds. The number of carbonyl (C=O) groups is 2. The first-order valence-corrected chi connectivity index (χ1v) is 9.08. The first kappa shape index (κ1) is 18.9. The average molecular weight is 367 g/mol. The second kappa shape index (κ2) is 7.78. The lowest BCUT2D eigenvalue weighted by Gasteiger charge is -2.38. The molecule has 0 spiro atoms. The van der Waals surface area contributed by atoms with Gasteiger partial charge in [0.2, 0.25) is 11.8 Å². The number of piperazine rings is 1. The SMILES string of the molecule is COc1ncccc1C(=O)N1CCN(C(=O)C(C)(C)c2ccccc2)CC1. The number of nitrogens with zero attached hydrogens (tertiary/aromatic N) is 3. The summed E-state index contributed by atoms with van der Waals surface area (Å²) >= 11 is 0. The molecule has 1 aliphatic rings. The molecule has 2 heterocycles. The van der Waals surface area contributed by atoms with Gasteiger partial charge < -0.3 is 14.5 Å². The minimum Gasteiger partial charge on any atom is -0.480 e. The Morgan fingerprint density at radius 3 is 2.22 bits per heavy atom. The molecule has 0 unspecified atom stereocenters. The number of carbonyl (C=O) groups excluding carboxylic acids is 2. The second-order valence-electron chi connectivity index (χ2n) is 7.14. The quantitative estimate of drug-likeness (QED) is 0.832. The van der Waals surface area contributed by atoms with E-state index in [1.54, 1.807) is 23.2 Å². The van der Waals surface area contributed by atoms with Crippen LogP contribution in [0.25, 0.3) is 0 Å². The number of hydrogen-bond donors (Lipinski definition) is 0. The Kier molecular flexibility index (Phi) is 5.44. The van der Waals surface area contributed by atoms with E-state index in [0.29, 0.717) is 37.6 Å². The molecule has 0 radical (unpaired) electrons. The van der Waals surface area contributed by atoms with E-state index in [4.69, 9.17) is 4.74 Å². The molecule has 1 aliphatic heterocycles. The van der Waals surface area contributed by atoms with Crippen molar-refractivity contribution in [1.29, 1.82) is 0 Å². The lowest BCUT2D eigenvalue weighted by molar-refractivity contribution is -0.137. The van der Waals surface area contributed by atoms with Crippen LogP contribution in [-0.4, -0.2) is 59.9 Å². The zero-order valence-corrected chi connectivity index (χ0v) is 16.0. The first-order chi connectivity index (χ1) is 12.9. The summed E-state index contributed by atoms with van der Waals surface area (Å²) in [6.07, 6.45) is 1.60. The summed E-state index contributed by atoms with van der Waals surface area (Å²) in [4.78, 5) is 33.5. The zero-order chi connectivity index (χ0) is 19.4. The number of pyridine rings is 1. The van der Waals surface area contributed by atoms with Crippen molar-refractivity contribution in [2.45, 2.75) is 19.3 Å². The van der Waals surface area contributed by atoms with Crippen molar-refractivity contribution in [3.05, 3.63) is 59.8 Å². The Balaban J connectivity index is 1.66. The number of ether oxygens (including phenoxy) is 1.